The van der Waals surface area contributed by atoms with Crippen LogP contribution in [0.15, 0.2) is 18.2 Å². The van der Waals surface area contributed by atoms with Crippen molar-refractivity contribution in [3.63, 3.8) is 0 Å². The Morgan fingerprint density at radius 3 is 2.85 bits per heavy atom. The molecule has 0 fully saturated rings. The molecule has 0 spiro atoms. The molecule has 1 aromatic rings. The molecule has 5 heteroatoms. The third-order valence-electron chi connectivity index (χ3n) is 2.97. The molecule has 0 radical (unpaired) electrons. The smallest absolute Gasteiger partial charge is 0.237 e. The number of nitrogen functional groups attached to an aromatic ring is 1. The molecule has 0 aliphatic rings. The van der Waals surface area contributed by atoms with E-state index in [2.05, 4.69) is 12.2 Å². The number of hydrogen-bond donors (Lipinski definition) is 2. The lowest BCUT2D eigenvalue weighted by atomic mass is 10.2. The molecule has 3 N–H and O–H groups in total. The second kappa shape index (κ2) is 8.74. The van der Waals surface area contributed by atoms with Crippen molar-refractivity contribution in [2.45, 2.75) is 38.4 Å². The number of anilines is 2. The van der Waals surface area contributed by atoms with Gasteiger partial charge in [-0.15, -0.1) is 11.8 Å². The van der Waals surface area contributed by atoms with Crippen LogP contribution in [0.3, 0.4) is 0 Å². The Morgan fingerprint density at radius 1 is 1.45 bits per heavy atom. The Morgan fingerprint density at radius 2 is 2.20 bits per heavy atom. The van der Waals surface area contributed by atoms with E-state index in [0.717, 1.165) is 12.2 Å². The van der Waals surface area contributed by atoms with Crippen LogP contribution in [-0.2, 0) is 4.79 Å². The summed E-state index contributed by atoms with van der Waals surface area (Å²) in [6, 6.07) is 5.21. The number of benzene rings is 1. The number of unbranched alkanes of at least 4 members (excludes halogenated alkanes) is 2. The third kappa shape index (κ3) is 5.33. The van der Waals surface area contributed by atoms with Gasteiger partial charge in [0.05, 0.1) is 18.0 Å². The van der Waals surface area contributed by atoms with Crippen molar-refractivity contribution < 1.29 is 9.53 Å². The second-order valence-electron chi connectivity index (χ2n) is 4.67. The van der Waals surface area contributed by atoms with Gasteiger partial charge >= 0.3 is 0 Å². The number of rotatable bonds is 8. The van der Waals surface area contributed by atoms with Crippen LogP contribution in [-0.4, -0.2) is 24.0 Å². The van der Waals surface area contributed by atoms with Crippen LogP contribution in [0.5, 0.6) is 5.75 Å². The number of thioether (sulfide) groups is 1. The maximum absolute atomic E-state index is 12.1. The molecule has 1 aromatic carbocycles. The summed E-state index contributed by atoms with van der Waals surface area (Å²) in [4.78, 5) is 12.1. The average molecular weight is 296 g/mol. The summed E-state index contributed by atoms with van der Waals surface area (Å²) in [7, 11) is 1.56. The quantitative estimate of drug-likeness (QED) is 0.569. The molecule has 0 saturated carbocycles. The number of carbonyl (C=O) groups is 1. The van der Waals surface area contributed by atoms with E-state index in [1.165, 1.54) is 12.8 Å². The first-order valence-electron chi connectivity index (χ1n) is 6.94. The number of ether oxygens (including phenoxy) is 1. The standard InChI is InChI=1S/C15H24N2O2S/c1-4-5-6-9-20-11(2)15(18)17-13-8-7-12(16)10-14(13)19-3/h7-8,10-11H,4-6,9,16H2,1-3H3,(H,17,18). The van der Waals surface area contributed by atoms with Gasteiger partial charge in [-0.1, -0.05) is 19.8 Å². The van der Waals surface area contributed by atoms with Crippen molar-refractivity contribution in [1.29, 1.82) is 0 Å². The monoisotopic (exact) mass is 296 g/mol. The van der Waals surface area contributed by atoms with E-state index >= 15 is 0 Å². The zero-order valence-corrected chi connectivity index (χ0v) is 13.3. The van der Waals surface area contributed by atoms with Gasteiger partial charge in [-0.3, -0.25) is 4.79 Å². The summed E-state index contributed by atoms with van der Waals surface area (Å²) in [6.45, 7) is 4.10. The van der Waals surface area contributed by atoms with Crippen LogP contribution in [0.1, 0.15) is 33.1 Å². The highest BCUT2D eigenvalue weighted by atomic mass is 32.2. The molecule has 0 aliphatic carbocycles. The van der Waals surface area contributed by atoms with Crippen molar-refractivity contribution in [1.82, 2.24) is 0 Å². The van der Waals surface area contributed by atoms with Crippen molar-refractivity contribution >= 4 is 29.0 Å². The molecule has 0 bridgehead atoms. The average Bonchev–Trinajstić information content (AvgIpc) is 2.45. The minimum atomic E-state index is -0.0749. The fourth-order valence-electron chi connectivity index (χ4n) is 1.73. The zero-order chi connectivity index (χ0) is 15.0. The van der Waals surface area contributed by atoms with Gasteiger partial charge in [0.2, 0.25) is 5.91 Å². The lowest BCUT2D eigenvalue weighted by Crippen LogP contribution is -2.23. The van der Waals surface area contributed by atoms with Gasteiger partial charge in [0, 0.05) is 11.8 Å². The van der Waals surface area contributed by atoms with Gasteiger partial charge < -0.3 is 15.8 Å². The summed E-state index contributed by atoms with van der Waals surface area (Å²) in [5, 5.41) is 2.81. The first-order chi connectivity index (χ1) is 9.58. The van der Waals surface area contributed by atoms with E-state index in [0.29, 0.717) is 17.1 Å². The van der Waals surface area contributed by atoms with Gasteiger partial charge in [-0.2, -0.15) is 0 Å². The molecule has 20 heavy (non-hydrogen) atoms. The molecular formula is C15H24N2O2S. The molecule has 1 rings (SSSR count). The molecule has 0 aromatic heterocycles. The normalized spacial score (nSPS) is 11.9. The summed E-state index contributed by atoms with van der Waals surface area (Å²) in [5.74, 6) is 1.59. The van der Waals surface area contributed by atoms with Gasteiger partial charge in [0.15, 0.2) is 0 Å². The fraction of sp³-hybridized carbons (Fsp3) is 0.533. The van der Waals surface area contributed by atoms with Crippen LogP contribution in [0, 0.1) is 0 Å². The van der Waals surface area contributed by atoms with Gasteiger partial charge in [-0.25, -0.2) is 0 Å². The molecule has 4 nitrogen and oxygen atoms in total. The van der Waals surface area contributed by atoms with Crippen molar-refractivity contribution in [2.24, 2.45) is 0 Å². The Balaban J connectivity index is 2.52. The van der Waals surface area contributed by atoms with E-state index < -0.39 is 0 Å². The Bertz CT molecular complexity index is 438. The number of nitrogens with two attached hydrogens (primary N) is 1. The molecule has 0 heterocycles. The van der Waals surface area contributed by atoms with Crippen LogP contribution in [0.25, 0.3) is 0 Å². The highest BCUT2D eigenvalue weighted by Gasteiger charge is 2.15. The molecule has 1 amide bonds. The Labute approximate surface area is 125 Å². The first-order valence-corrected chi connectivity index (χ1v) is 7.99. The van der Waals surface area contributed by atoms with Gasteiger partial charge in [-0.05, 0) is 31.2 Å². The van der Waals surface area contributed by atoms with Crippen LogP contribution < -0.4 is 15.8 Å². The lowest BCUT2D eigenvalue weighted by molar-refractivity contribution is -0.115. The molecular weight excluding hydrogens is 272 g/mol. The highest BCUT2D eigenvalue weighted by molar-refractivity contribution is 8.00. The number of amides is 1. The maximum Gasteiger partial charge on any atom is 0.237 e. The summed E-state index contributed by atoms with van der Waals surface area (Å²) < 4.78 is 5.22. The number of hydrogen-bond acceptors (Lipinski definition) is 4. The molecule has 1 atom stereocenters. The van der Waals surface area contributed by atoms with E-state index in [1.54, 1.807) is 37.1 Å². The van der Waals surface area contributed by atoms with E-state index in [-0.39, 0.29) is 11.2 Å². The lowest BCUT2D eigenvalue weighted by Gasteiger charge is -2.14. The topological polar surface area (TPSA) is 64.4 Å². The van der Waals surface area contributed by atoms with Crippen molar-refractivity contribution in [3.8, 4) is 5.75 Å². The van der Waals surface area contributed by atoms with Crippen LogP contribution in [0.4, 0.5) is 11.4 Å². The summed E-state index contributed by atoms with van der Waals surface area (Å²) in [6.07, 6.45) is 3.57. The van der Waals surface area contributed by atoms with E-state index in [9.17, 15) is 4.79 Å². The van der Waals surface area contributed by atoms with Crippen LogP contribution >= 0.6 is 11.8 Å². The predicted molar refractivity (Wildman–Crippen MR) is 87.5 cm³/mol. The zero-order valence-electron chi connectivity index (χ0n) is 12.4. The molecule has 0 saturated heterocycles. The van der Waals surface area contributed by atoms with E-state index in [4.69, 9.17) is 10.5 Å². The highest BCUT2D eigenvalue weighted by Crippen LogP contribution is 2.27. The third-order valence-corrected chi connectivity index (χ3v) is 4.21. The Kier molecular flexibility index (Phi) is 7.30. The van der Waals surface area contributed by atoms with E-state index in [1.807, 2.05) is 6.92 Å². The van der Waals surface area contributed by atoms with Gasteiger partial charge in [0.1, 0.15) is 5.75 Å². The SMILES string of the molecule is CCCCCSC(C)C(=O)Nc1ccc(N)cc1OC. The van der Waals surface area contributed by atoms with Crippen LogP contribution in [0.2, 0.25) is 0 Å². The predicted octanol–water partition coefficient (Wildman–Crippen LogP) is 3.53. The first kappa shape index (κ1) is 16.7. The number of carbonyl (C=O) groups excluding carboxylic acids is 1. The minimum absolute atomic E-state index is 0.00503. The maximum atomic E-state index is 12.1. The largest absolute Gasteiger partial charge is 0.494 e. The summed E-state index contributed by atoms with van der Waals surface area (Å²) >= 11 is 1.68. The molecule has 0 aliphatic heterocycles. The number of methoxy groups -OCH3 is 1. The Hall–Kier alpha value is -1.36. The number of nitrogens with one attached hydrogen (secondary N) is 1. The molecule has 1 unspecified atom stereocenters. The van der Waals surface area contributed by atoms with Crippen molar-refractivity contribution in [2.75, 3.05) is 23.9 Å². The minimum Gasteiger partial charge on any atom is -0.494 e. The fourth-order valence-corrected chi connectivity index (χ4v) is 2.67. The second-order valence-corrected chi connectivity index (χ2v) is 6.12. The summed E-state index contributed by atoms with van der Waals surface area (Å²) in [5.41, 5.74) is 6.96. The molecule has 112 valence electrons. The van der Waals surface area contributed by atoms with Gasteiger partial charge in [0.25, 0.3) is 0 Å². The van der Waals surface area contributed by atoms with Crippen molar-refractivity contribution in [3.05, 3.63) is 18.2 Å².